The smallest absolute Gasteiger partial charge is 0.0882 e. The third-order valence-corrected chi connectivity index (χ3v) is 10.7. The number of rotatable bonds is 13. The highest BCUT2D eigenvalue weighted by molar-refractivity contribution is 5.52. The molecule has 0 bridgehead atoms. The van der Waals surface area contributed by atoms with Crippen molar-refractivity contribution in [2.45, 2.75) is 138 Å². The van der Waals surface area contributed by atoms with Gasteiger partial charge in [0.05, 0.1) is 5.76 Å². The Labute approximate surface area is 301 Å². The van der Waals surface area contributed by atoms with Gasteiger partial charge in [0.15, 0.2) is 0 Å². The van der Waals surface area contributed by atoms with Crippen LogP contribution in [0.3, 0.4) is 0 Å². The minimum absolute atomic E-state index is 0.206. The van der Waals surface area contributed by atoms with Gasteiger partial charge in [-0.1, -0.05) is 167 Å². The number of aryl methyl sites for hydroxylation is 1. The molecule has 1 heteroatoms. The summed E-state index contributed by atoms with van der Waals surface area (Å²) >= 11 is 0. The van der Waals surface area contributed by atoms with Gasteiger partial charge in [-0.15, -0.1) is 0 Å². The molecule has 266 valence electrons. The Bertz CT molecular complexity index is 1470. The van der Waals surface area contributed by atoms with E-state index in [4.69, 9.17) is 6.58 Å². The molecule has 0 spiro atoms. The molecule has 0 aromatic heterocycles. The summed E-state index contributed by atoms with van der Waals surface area (Å²) in [5.41, 5.74) is 9.88. The first kappa shape index (κ1) is 38.7. The first-order valence-electron chi connectivity index (χ1n) is 19.2. The molecule has 0 amide bonds. The minimum atomic E-state index is -0.349. The lowest BCUT2D eigenvalue weighted by Gasteiger charge is -2.39. The first-order chi connectivity index (χ1) is 22.8. The summed E-state index contributed by atoms with van der Waals surface area (Å²) in [6.07, 6.45) is 11.9. The second kappa shape index (κ2) is 15.9. The largest absolute Gasteiger partial charge is 0.513 e. The Balaban J connectivity index is 1.76. The van der Waals surface area contributed by atoms with Crippen molar-refractivity contribution in [2.75, 3.05) is 0 Å². The maximum absolute atomic E-state index is 10.0. The quantitative estimate of drug-likeness (QED) is 0.143. The van der Waals surface area contributed by atoms with Crippen molar-refractivity contribution in [3.63, 3.8) is 0 Å². The van der Waals surface area contributed by atoms with E-state index in [0.717, 1.165) is 51.4 Å². The molecule has 0 aliphatic heterocycles. The van der Waals surface area contributed by atoms with E-state index in [9.17, 15) is 5.11 Å². The molecule has 49 heavy (non-hydrogen) atoms. The summed E-state index contributed by atoms with van der Waals surface area (Å²) in [4.78, 5) is 0. The van der Waals surface area contributed by atoms with Gasteiger partial charge in [-0.3, -0.25) is 0 Å². The fourth-order valence-electron chi connectivity index (χ4n) is 8.12. The summed E-state index contributed by atoms with van der Waals surface area (Å²) in [7, 11) is 0. The van der Waals surface area contributed by atoms with E-state index < -0.39 is 0 Å². The molecule has 1 unspecified atom stereocenters. The van der Waals surface area contributed by atoms with Crippen LogP contribution in [0, 0.1) is 28.1 Å². The lowest BCUT2D eigenvalue weighted by Crippen LogP contribution is -2.34. The van der Waals surface area contributed by atoms with Crippen molar-refractivity contribution in [2.24, 2.45) is 28.1 Å². The molecule has 1 fully saturated rings. The summed E-state index contributed by atoms with van der Waals surface area (Å²) < 4.78 is 0. The predicted molar refractivity (Wildman–Crippen MR) is 213 cm³/mol. The number of allylic oxidation sites excluding steroid dienone is 2. The monoisotopic (exact) mass is 661 g/mol. The SMILES string of the molecule is C=C(O)C1CCC[C@@H](CCc2ccc(CC(C(=C)CCC(C)(C)C)(c3cccc(CC(C)(C)C)c3)c3cccc(CC(C)(C)C)c3)cc2)C1. The van der Waals surface area contributed by atoms with Crippen LogP contribution in [0.15, 0.2) is 97.3 Å². The van der Waals surface area contributed by atoms with Crippen LogP contribution >= 0.6 is 0 Å². The van der Waals surface area contributed by atoms with Gasteiger partial charge >= 0.3 is 0 Å². The van der Waals surface area contributed by atoms with Crippen molar-refractivity contribution in [1.82, 2.24) is 0 Å². The molecule has 3 aromatic carbocycles. The van der Waals surface area contributed by atoms with Gasteiger partial charge in [0.1, 0.15) is 0 Å². The average Bonchev–Trinajstić information content (AvgIpc) is 3.00. The fraction of sp³-hybridized carbons (Fsp3) is 0.542. The molecule has 0 radical (unpaired) electrons. The van der Waals surface area contributed by atoms with Crippen molar-refractivity contribution < 1.29 is 5.11 Å². The second-order valence-corrected chi connectivity index (χ2v) is 19.2. The molecule has 3 aromatic rings. The molecule has 0 saturated heterocycles. The maximum Gasteiger partial charge on any atom is 0.0882 e. The van der Waals surface area contributed by atoms with Gasteiger partial charge in [0, 0.05) is 11.3 Å². The Morgan fingerprint density at radius 1 is 0.653 bits per heavy atom. The summed E-state index contributed by atoms with van der Waals surface area (Å²) in [6.45, 7) is 29.9. The van der Waals surface area contributed by atoms with E-state index >= 15 is 0 Å². The van der Waals surface area contributed by atoms with Crippen LogP contribution < -0.4 is 0 Å². The number of hydrogen-bond acceptors (Lipinski definition) is 1. The molecule has 1 saturated carbocycles. The van der Waals surface area contributed by atoms with Gasteiger partial charge in [-0.2, -0.15) is 0 Å². The summed E-state index contributed by atoms with van der Waals surface area (Å²) in [6, 6.07) is 28.4. The predicted octanol–water partition coefficient (Wildman–Crippen LogP) is 13.6. The van der Waals surface area contributed by atoms with Gasteiger partial charge in [-0.25, -0.2) is 0 Å². The van der Waals surface area contributed by atoms with Crippen LogP contribution in [0.4, 0.5) is 0 Å². The van der Waals surface area contributed by atoms with Crippen molar-refractivity contribution in [3.8, 4) is 0 Å². The lowest BCUT2D eigenvalue weighted by atomic mass is 9.63. The zero-order valence-corrected chi connectivity index (χ0v) is 32.7. The Morgan fingerprint density at radius 3 is 1.67 bits per heavy atom. The molecule has 0 heterocycles. The van der Waals surface area contributed by atoms with E-state index in [0.29, 0.717) is 11.7 Å². The number of benzene rings is 3. The minimum Gasteiger partial charge on any atom is -0.513 e. The fourth-order valence-corrected chi connectivity index (χ4v) is 8.12. The van der Waals surface area contributed by atoms with Gasteiger partial charge in [-0.05, 0) is 113 Å². The first-order valence-corrected chi connectivity index (χ1v) is 19.2. The molecule has 2 atom stereocenters. The topological polar surface area (TPSA) is 20.2 Å². The molecule has 1 N–H and O–H groups in total. The van der Waals surface area contributed by atoms with Crippen LogP contribution in [-0.2, 0) is 31.1 Å². The lowest BCUT2D eigenvalue weighted by molar-refractivity contribution is 0.222. The highest BCUT2D eigenvalue weighted by Crippen LogP contribution is 2.46. The van der Waals surface area contributed by atoms with Crippen LogP contribution in [-0.4, -0.2) is 5.11 Å². The zero-order valence-electron chi connectivity index (χ0n) is 32.7. The molecular weight excluding hydrogens is 593 g/mol. The Kier molecular flexibility index (Phi) is 12.5. The van der Waals surface area contributed by atoms with Gasteiger partial charge < -0.3 is 5.11 Å². The van der Waals surface area contributed by atoms with Crippen molar-refractivity contribution >= 4 is 0 Å². The standard InChI is InChI=1S/C48H68O/c1-35(27-28-45(3,4)5)48(43-19-13-16-40(30-43)32-46(6,7)8,44-20-14-17-41(31-44)33-47(9,10)11)34-39-25-22-37(23-26-39)21-24-38-15-12-18-42(29-38)36(2)49/h13-14,16-17,19-20,22-23,25-26,30-31,38,42,49H,1-2,12,15,18,21,24,27-29,32-34H2,3-11H3/t38-,42?/m0/s1. The van der Waals surface area contributed by atoms with Crippen molar-refractivity contribution in [1.29, 1.82) is 0 Å². The molecule has 4 rings (SSSR count). The Morgan fingerprint density at radius 2 is 1.18 bits per heavy atom. The number of aliphatic hydroxyl groups excluding tert-OH is 1. The van der Waals surface area contributed by atoms with Crippen molar-refractivity contribution in [3.05, 3.63) is 131 Å². The third-order valence-electron chi connectivity index (χ3n) is 10.7. The van der Waals surface area contributed by atoms with Crippen LogP contribution in [0.1, 0.15) is 141 Å². The van der Waals surface area contributed by atoms with Gasteiger partial charge in [0.25, 0.3) is 0 Å². The van der Waals surface area contributed by atoms with Crippen LogP contribution in [0.5, 0.6) is 0 Å². The van der Waals surface area contributed by atoms with Crippen LogP contribution in [0.25, 0.3) is 0 Å². The summed E-state index contributed by atoms with van der Waals surface area (Å²) in [5, 5.41) is 10.0. The average molecular weight is 661 g/mol. The summed E-state index contributed by atoms with van der Waals surface area (Å²) in [5.74, 6) is 1.33. The Hall–Kier alpha value is -3.06. The normalized spacial score (nSPS) is 17.6. The van der Waals surface area contributed by atoms with E-state index in [1.807, 2.05) is 0 Å². The second-order valence-electron chi connectivity index (χ2n) is 19.2. The molecular formula is C48H68O. The van der Waals surface area contributed by atoms with E-state index in [2.05, 4.69) is 142 Å². The van der Waals surface area contributed by atoms with Crippen LogP contribution in [0.2, 0.25) is 0 Å². The molecule has 1 aliphatic carbocycles. The molecule has 1 aliphatic rings. The maximum atomic E-state index is 10.0. The highest BCUT2D eigenvalue weighted by Gasteiger charge is 2.38. The highest BCUT2D eigenvalue weighted by atomic mass is 16.3. The van der Waals surface area contributed by atoms with E-state index in [-0.39, 0.29) is 27.6 Å². The number of hydrogen-bond donors (Lipinski definition) is 1. The number of aliphatic hydroxyl groups is 1. The van der Waals surface area contributed by atoms with E-state index in [1.165, 1.54) is 58.2 Å². The third kappa shape index (κ3) is 11.5. The van der Waals surface area contributed by atoms with E-state index in [1.54, 1.807) is 0 Å². The van der Waals surface area contributed by atoms with Gasteiger partial charge in [0.2, 0.25) is 0 Å². The zero-order chi connectivity index (χ0) is 36.0. The molecule has 1 nitrogen and oxygen atoms in total.